The molecule has 1 saturated heterocycles. The highest BCUT2D eigenvalue weighted by atomic mass is 16.4. The molecule has 0 aliphatic carbocycles. The number of hydrogen-bond donors (Lipinski definition) is 2. The predicted octanol–water partition coefficient (Wildman–Crippen LogP) is 2.71. The van der Waals surface area contributed by atoms with Crippen LogP contribution in [-0.2, 0) is 4.79 Å². The summed E-state index contributed by atoms with van der Waals surface area (Å²) in [6, 6.07) is 0.0812. The standard InChI is InChI=1S/C15H28N2O3/c1-5-11(3)12(4)16-14(20)17-9-7-15(6-2,8-10-17)13(18)19/h11-12H,5-10H2,1-4H3,(H,16,20)(H,18,19). The summed E-state index contributed by atoms with van der Waals surface area (Å²) in [7, 11) is 0. The van der Waals surface area contributed by atoms with E-state index in [0.717, 1.165) is 6.42 Å². The Morgan fingerprint density at radius 1 is 1.25 bits per heavy atom. The Bertz CT molecular complexity index is 349. The summed E-state index contributed by atoms with van der Waals surface area (Å²) < 4.78 is 0. The molecule has 2 N–H and O–H groups in total. The second-order valence-electron chi connectivity index (χ2n) is 6.05. The molecular formula is C15H28N2O3. The summed E-state index contributed by atoms with van der Waals surface area (Å²) in [5.41, 5.74) is -0.640. The molecule has 116 valence electrons. The highest BCUT2D eigenvalue weighted by Crippen LogP contribution is 2.35. The van der Waals surface area contributed by atoms with Gasteiger partial charge < -0.3 is 15.3 Å². The molecule has 1 rings (SSSR count). The lowest BCUT2D eigenvalue weighted by atomic mass is 9.76. The summed E-state index contributed by atoms with van der Waals surface area (Å²) in [6.07, 6.45) is 2.74. The Labute approximate surface area is 121 Å². The van der Waals surface area contributed by atoms with Crippen LogP contribution in [0.2, 0.25) is 0 Å². The summed E-state index contributed by atoms with van der Waals surface area (Å²) >= 11 is 0. The Hall–Kier alpha value is -1.26. The minimum atomic E-state index is -0.729. The van der Waals surface area contributed by atoms with E-state index >= 15 is 0 Å². The Balaban J connectivity index is 2.53. The van der Waals surface area contributed by atoms with Gasteiger partial charge in [0.25, 0.3) is 0 Å². The van der Waals surface area contributed by atoms with Crippen molar-refractivity contribution >= 4 is 12.0 Å². The number of piperidine rings is 1. The molecule has 1 aliphatic heterocycles. The molecule has 0 spiro atoms. The fraction of sp³-hybridized carbons (Fsp3) is 0.867. The van der Waals surface area contributed by atoms with Crippen LogP contribution in [0.3, 0.4) is 0 Å². The zero-order chi connectivity index (χ0) is 15.3. The van der Waals surface area contributed by atoms with E-state index in [2.05, 4.69) is 19.2 Å². The first-order valence-electron chi connectivity index (χ1n) is 7.65. The molecule has 2 amide bonds. The maximum atomic E-state index is 12.2. The van der Waals surface area contributed by atoms with Crippen LogP contribution >= 0.6 is 0 Å². The monoisotopic (exact) mass is 284 g/mol. The van der Waals surface area contributed by atoms with Crippen molar-refractivity contribution in [1.29, 1.82) is 0 Å². The molecule has 5 nitrogen and oxygen atoms in total. The lowest BCUT2D eigenvalue weighted by Gasteiger charge is -2.38. The van der Waals surface area contributed by atoms with Gasteiger partial charge in [0.15, 0.2) is 0 Å². The van der Waals surface area contributed by atoms with Gasteiger partial charge in [0.2, 0.25) is 0 Å². The lowest BCUT2D eigenvalue weighted by molar-refractivity contribution is -0.151. The third-order valence-corrected chi connectivity index (χ3v) is 4.99. The van der Waals surface area contributed by atoms with Gasteiger partial charge in [0, 0.05) is 19.1 Å². The maximum Gasteiger partial charge on any atom is 0.317 e. The van der Waals surface area contributed by atoms with Crippen LogP contribution < -0.4 is 5.32 Å². The fourth-order valence-corrected chi connectivity index (χ4v) is 2.64. The highest BCUT2D eigenvalue weighted by Gasteiger charge is 2.40. The number of urea groups is 1. The van der Waals surface area contributed by atoms with Gasteiger partial charge in [-0.25, -0.2) is 4.79 Å². The Kier molecular flexibility index (Phi) is 5.84. The molecule has 0 aromatic heterocycles. The molecule has 0 saturated carbocycles. The van der Waals surface area contributed by atoms with E-state index < -0.39 is 11.4 Å². The van der Waals surface area contributed by atoms with Crippen molar-refractivity contribution in [1.82, 2.24) is 10.2 Å². The smallest absolute Gasteiger partial charge is 0.317 e. The molecule has 5 heteroatoms. The SMILES string of the molecule is CCC(C)C(C)NC(=O)N1CCC(CC)(C(=O)O)CC1. The molecule has 1 aliphatic rings. The minimum Gasteiger partial charge on any atom is -0.481 e. The van der Waals surface area contributed by atoms with Crippen molar-refractivity contribution in [3.63, 3.8) is 0 Å². The first kappa shape index (κ1) is 16.8. The number of carbonyl (C=O) groups excluding carboxylic acids is 1. The first-order chi connectivity index (χ1) is 9.36. The van der Waals surface area contributed by atoms with E-state index in [1.807, 2.05) is 13.8 Å². The average Bonchev–Trinajstić information content (AvgIpc) is 2.45. The average molecular weight is 284 g/mol. The molecule has 0 radical (unpaired) electrons. The minimum absolute atomic E-state index is 0.0621. The topological polar surface area (TPSA) is 69.6 Å². The van der Waals surface area contributed by atoms with Gasteiger partial charge in [-0.2, -0.15) is 0 Å². The number of nitrogens with one attached hydrogen (secondary N) is 1. The van der Waals surface area contributed by atoms with Crippen molar-refractivity contribution in [3.8, 4) is 0 Å². The second kappa shape index (κ2) is 6.95. The van der Waals surface area contributed by atoms with Crippen molar-refractivity contribution in [2.24, 2.45) is 11.3 Å². The maximum absolute atomic E-state index is 12.2. The fourth-order valence-electron chi connectivity index (χ4n) is 2.64. The molecule has 1 fully saturated rings. The highest BCUT2D eigenvalue weighted by molar-refractivity contribution is 5.77. The Morgan fingerprint density at radius 2 is 1.80 bits per heavy atom. The van der Waals surface area contributed by atoms with E-state index in [1.165, 1.54) is 0 Å². The zero-order valence-corrected chi connectivity index (χ0v) is 13.1. The largest absolute Gasteiger partial charge is 0.481 e. The van der Waals surface area contributed by atoms with Crippen LogP contribution in [0, 0.1) is 11.3 Å². The molecule has 2 unspecified atom stereocenters. The number of carbonyl (C=O) groups is 2. The molecular weight excluding hydrogens is 256 g/mol. The third kappa shape index (κ3) is 3.64. The summed E-state index contributed by atoms with van der Waals surface area (Å²) in [6.45, 7) is 9.21. The number of carboxylic acid groups (broad SMARTS) is 1. The summed E-state index contributed by atoms with van der Waals surface area (Å²) in [4.78, 5) is 25.3. The van der Waals surface area contributed by atoms with E-state index in [-0.39, 0.29) is 12.1 Å². The number of carboxylic acids is 1. The van der Waals surface area contributed by atoms with Gasteiger partial charge in [-0.15, -0.1) is 0 Å². The van der Waals surface area contributed by atoms with Crippen LogP contribution in [0.1, 0.15) is 53.4 Å². The van der Waals surface area contributed by atoms with Crippen molar-refractivity contribution in [3.05, 3.63) is 0 Å². The molecule has 0 aromatic rings. The van der Waals surface area contributed by atoms with Gasteiger partial charge in [-0.3, -0.25) is 4.79 Å². The molecule has 2 atom stereocenters. The third-order valence-electron chi connectivity index (χ3n) is 4.99. The lowest BCUT2D eigenvalue weighted by Crippen LogP contribution is -2.51. The van der Waals surface area contributed by atoms with Crippen LogP contribution in [0.25, 0.3) is 0 Å². The van der Waals surface area contributed by atoms with E-state index in [4.69, 9.17) is 0 Å². The van der Waals surface area contributed by atoms with E-state index in [0.29, 0.717) is 38.3 Å². The number of nitrogens with zero attached hydrogens (tertiary/aromatic N) is 1. The van der Waals surface area contributed by atoms with Gasteiger partial charge in [0.05, 0.1) is 5.41 Å². The van der Waals surface area contributed by atoms with Crippen molar-refractivity contribution in [2.75, 3.05) is 13.1 Å². The normalized spacial score (nSPS) is 21.1. The van der Waals surface area contributed by atoms with Crippen LogP contribution in [0.5, 0.6) is 0 Å². The number of aliphatic carboxylic acids is 1. The van der Waals surface area contributed by atoms with Gasteiger partial charge >= 0.3 is 12.0 Å². The quantitative estimate of drug-likeness (QED) is 0.815. The van der Waals surface area contributed by atoms with Gasteiger partial charge in [0.1, 0.15) is 0 Å². The number of amides is 2. The number of likely N-dealkylation sites (tertiary alicyclic amines) is 1. The van der Waals surface area contributed by atoms with Crippen molar-refractivity contribution in [2.45, 2.75) is 59.4 Å². The van der Waals surface area contributed by atoms with Gasteiger partial charge in [-0.1, -0.05) is 27.2 Å². The summed E-state index contributed by atoms with van der Waals surface area (Å²) in [5, 5.41) is 12.4. The molecule has 20 heavy (non-hydrogen) atoms. The second-order valence-corrected chi connectivity index (χ2v) is 6.05. The van der Waals surface area contributed by atoms with E-state index in [1.54, 1.807) is 4.90 Å². The molecule has 1 heterocycles. The molecule has 0 bridgehead atoms. The number of hydrogen-bond acceptors (Lipinski definition) is 2. The molecule has 0 aromatic carbocycles. The Morgan fingerprint density at radius 3 is 2.20 bits per heavy atom. The zero-order valence-electron chi connectivity index (χ0n) is 13.1. The van der Waals surface area contributed by atoms with E-state index in [9.17, 15) is 14.7 Å². The summed E-state index contributed by atoms with van der Waals surface area (Å²) in [5.74, 6) is -0.287. The van der Waals surface area contributed by atoms with Gasteiger partial charge in [-0.05, 0) is 32.1 Å². The van der Waals surface area contributed by atoms with Crippen LogP contribution in [0.15, 0.2) is 0 Å². The first-order valence-corrected chi connectivity index (χ1v) is 7.65. The van der Waals surface area contributed by atoms with Crippen molar-refractivity contribution < 1.29 is 14.7 Å². The van der Waals surface area contributed by atoms with Crippen LogP contribution in [0.4, 0.5) is 4.79 Å². The predicted molar refractivity (Wildman–Crippen MR) is 78.6 cm³/mol. The number of rotatable bonds is 5. The van der Waals surface area contributed by atoms with Crippen LogP contribution in [-0.4, -0.2) is 41.1 Å².